The Morgan fingerprint density at radius 2 is 1.55 bits per heavy atom. The highest BCUT2D eigenvalue weighted by Gasteiger charge is 2.49. The van der Waals surface area contributed by atoms with E-state index in [-0.39, 0.29) is 11.1 Å². The first-order valence-corrected chi connectivity index (χ1v) is 9.59. The molecular formula is C22H22FNO7. The van der Waals surface area contributed by atoms with Gasteiger partial charge in [-0.15, -0.1) is 0 Å². The molecule has 0 spiro atoms. The van der Waals surface area contributed by atoms with Crippen LogP contribution in [-0.2, 0) is 19.0 Å². The number of rotatable bonds is 6. The van der Waals surface area contributed by atoms with E-state index < -0.39 is 55.2 Å². The van der Waals surface area contributed by atoms with Crippen molar-refractivity contribution in [2.45, 2.75) is 37.6 Å². The van der Waals surface area contributed by atoms with Gasteiger partial charge in [-0.1, -0.05) is 36.4 Å². The summed E-state index contributed by atoms with van der Waals surface area (Å²) in [5.74, 6) is -2.11. The number of nitrogens with one attached hydrogen (secondary N) is 1. The van der Waals surface area contributed by atoms with Gasteiger partial charge in [-0.25, -0.2) is 14.0 Å². The van der Waals surface area contributed by atoms with Crippen LogP contribution in [0.5, 0.6) is 0 Å². The molecule has 1 aliphatic rings. The molecule has 8 nitrogen and oxygen atoms in total. The highest BCUT2D eigenvalue weighted by Crippen LogP contribution is 2.26. The van der Waals surface area contributed by atoms with Gasteiger partial charge in [0.25, 0.3) is 0 Å². The van der Waals surface area contributed by atoms with Crippen LogP contribution in [0.4, 0.5) is 4.39 Å². The van der Waals surface area contributed by atoms with Crippen LogP contribution < -0.4 is 5.32 Å². The van der Waals surface area contributed by atoms with Gasteiger partial charge in [0.1, 0.15) is 18.8 Å². The standard InChI is InChI=1S/C22H22FNO7/c1-13(25)24-18-19(31-21(27)15-10-6-3-7-11-15)17(23)16(30-22(18)28)12-29-20(26)14-8-4-2-5-9-14/h2-11,16-19,22,28H,12H2,1H3,(H,24,25)/t16-,17-,18-,19+,22+/m1/s1. The molecular weight excluding hydrogens is 409 g/mol. The number of carbonyl (C=O) groups is 3. The Kier molecular flexibility index (Phi) is 7.32. The van der Waals surface area contributed by atoms with Crippen LogP contribution in [0.25, 0.3) is 0 Å². The number of ether oxygens (including phenoxy) is 3. The van der Waals surface area contributed by atoms with Crippen molar-refractivity contribution >= 4 is 17.8 Å². The monoisotopic (exact) mass is 431 g/mol. The smallest absolute Gasteiger partial charge is 0.338 e. The molecule has 164 valence electrons. The molecule has 5 atom stereocenters. The first-order chi connectivity index (χ1) is 14.9. The summed E-state index contributed by atoms with van der Waals surface area (Å²) in [4.78, 5) is 36.1. The third-order valence-electron chi connectivity index (χ3n) is 4.66. The number of alkyl halides is 1. The fourth-order valence-corrected chi connectivity index (χ4v) is 3.15. The van der Waals surface area contributed by atoms with Crippen LogP contribution in [0.15, 0.2) is 60.7 Å². The van der Waals surface area contributed by atoms with Gasteiger partial charge in [-0.05, 0) is 24.3 Å². The third kappa shape index (κ3) is 5.65. The number of aliphatic hydroxyl groups excluding tert-OH is 1. The van der Waals surface area contributed by atoms with Crippen LogP contribution in [0.2, 0.25) is 0 Å². The van der Waals surface area contributed by atoms with E-state index in [2.05, 4.69) is 5.32 Å². The Labute approximate surface area is 177 Å². The Bertz CT molecular complexity index is 909. The van der Waals surface area contributed by atoms with E-state index in [1.165, 1.54) is 31.2 Å². The number of aliphatic hydroxyl groups is 1. The van der Waals surface area contributed by atoms with Crippen molar-refractivity contribution in [2.75, 3.05) is 6.61 Å². The molecule has 3 rings (SSSR count). The first-order valence-electron chi connectivity index (χ1n) is 9.59. The maximum Gasteiger partial charge on any atom is 0.338 e. The minimum Gasteiger partial charge on any atom is -0.459 e. The molecule has 2 N–H and O–H groups in total. The summed E-state index contributed by atoms with van der Waals surface area (Å²) in [5, 5.41) is 12.6. The molecule has 0 aliphatic carbocycles. The lowest BCUT2D eigenvalue weighted by atomic mass is 9.97. The summed E-state index contributed by atoms with van der Waals surface area (Å²) in [6, 6.07) is 14.6. The number of halogens is 1. The van der Waals surface area contributed by atoms with Gasteiger partial charge < -0.3 is 24.6 Å². The summed E-state index contributed by atoms with van der Waals surface area (Å²) in [5.41, 5.74) is 0.432. The van der Waals surface area contributed by atoms with Crippen molar-refractivity contribution in [1.29, 1.82) is 0 Å². The number of carbonyl (C=O) groups excluding carboxylic acids is 3. The molecule has 1 amide bonds. The second-order valence-corrected chi connectivity index (χ2v) is 6.94. The maximum atomic E-state index is 15.3. The Balaban J connectivity index is 1.73. The first kappa shape index (κ1) is 22.4. The zero-order chi connectivity index (χ0) is 22.4. The summed E-state index contributed by atoms with van der Waals surface area (Å²) >= 11 is 0. The average Bonchev–Trinajstić information content (AvgIpc) is 2.78. The van der Waals surface area contributed by atoms with Gasteiger partial charge in [0.15, 0.2) is 18.6 Å². The minimum atomic E-state index is -1.99. The van der Waals surface area contributed by atoms with E-state index in [9.17, 15) is 19.5 Å². The summed E-state index contributed by atoms with van der Waals surface area (Å²) in [6.07, 6.45) is -6.66. The zero-order valence-electron chi connectivity index (χ0n) is 16.6. The molecule has 1 aliphatic heterocycles. The van der Waals surface area contributed by atoms with E-state index >= 15 is 4.39 Å². The summed E-state index contributed by atoms with van der Waals surface area (Å²) < 4.78 is 30.9. The van der Waals surface area contributed by atoms with Crippen molar-refractivity contribution in [1.82, 2.24) is 5.32 Å². The largest absolute Gasteiger partial charge is 0.459 e. The Morgan fingerprint density at radius 1 is 1.00 bits per heavy atom. The van der Waals surface area contributed by atoms with Crippen molar-refractivity contribution in [3.8, 4) is 0 Å². The van der Waals surface area contributed by atoms with Crippen molar-refractivity contribution < 1.29 is 38.1 Å². The molecule has 0 saturated carbocycles. The van der Waals surface area contributed by atoms with E-state index in [0.29, 0.717) is 0 Å². The quantitative estimate of drug-likeness (QED) is 0.669. The summed E-state index contributed by atoms with van der Waals surface area (Å²) in [7, 11) is 0. The van der Waals surface area contributed by atoms with Crippen LogP contribution in [-0.4, -0.2) is 60.3 Å². The molecule has 0 bridgehead atoms. The molecule has 9 heteroatoms. The number of amides is 1. The SMILES string of the molecule is CC(=O)N[C@@H]1[C@@H](OC(=O)c2ccccc2)[C@H](F)[C@@H](COC(=O)c2ccccc2)O[C@@H]1O. The molecule has 0 unspecified atom stereocenters. The third-order valence-corrected chi connectivity index (χ3v) is 4.66. The van der Waals surface area contributed by atoms with Gasteiger partial charge in [-0.2, -0.15) is 0 Å². The number of esters is 2. The van der Waals surface area contributed by atoms with Gasteiger partial charge >= 0.3 is 11.9 Å². The lowest BCUT2D eigenvalue weighted by molar-refractivity contribution is -0.240. The number of hydrogen-bond acceptors (Lipinski definition) is 7. The molecule has 2 aromatic rings. The van der Waals surface area contributed by atoms with Crippen molar-refractivity contribution in [3.63, 3.8) is 0 Å². The van der Waals surface area contributed by atoms with Crippen LogP contribution in [0, 0.1) is 0 Å². The van der Waals surface area contributed by atoms with Crippen LogP contribution in [0.3, 0.4) is 0 Å². The highest BCUT2D eigenvalue weighted by atomic mass is 19.1. The Hall–Kier alpha value is -3.30. The lowest BCUT2D eigenvalue weighted by Crippen LogP contribution is -2.64. The van der Waals surface area contributed by atoms with Gasteiger partial charge in [0, 0.05) is 6.92 Å². The fourth-order valence-electron chi connectivity index (χ4n) is 3.15. The molecule has 1 heterocycles. The predicted octanol–water partition coefficient (Wildman–Crippen LogP) is 1.63. The fraction of sp³-hybridized carbons (Fsp3) is 0.318. The topological polar surface area (TPSA) is 111 Å². The number of benzene rings is 2. The highest BCUT2D eigenvalue weighted by molar-refractivity contribution is 5.90. The molecule has 1 saturated heterocycles. The van der Waals surface area contributed by atoms with E-state index in [1.54, 1.807) is 36.4 Å². The van der Waals surface area contributed by atoms with Crippen molar-refractivity contribution in [3.05, 3.63) is 71.8 Å². The van der Waals surface area contributed by atoms with E-state index in [0.717, 1.165) is 0 Å². The lowest BCUT2D eigenvalue weighted by Gasteiger charge is -2.41. The molecule has 0 radical (unpaired) electrons. The van der Waals surface area contributed by atoms with Gasteiger partial charge in [0.05, 0.1) is 11.1 Å². The summed E-state index contributed by atoms with van der Waals surface area (Å²) in [6.45, 7) is 0.641. The van der Waals surface area contributed by atoms with E-state index in [4.69, 9.17) is 14.2 Å². The van der Waals surface area contributed by atoms with Gasteiger partial charge in [0.2, 0.25) is 5.91 Å². The predicted molar refractivity (Wildman–Crippen MR) is 106 cm³/mol. The molecule has 0 aromatic heterocycles. The van der Waals surface area contributed by atoms with Crippen LogP contribution >= 0.6 is 0 Å². The van der Waals surface area contributed by atoms with Crippen molar-refractivity contribution in [2.24, 2.45) is 0 Å². The van der Waals surface area contributed by atoms with Gasteiger partial charge in [-0.3, -0.25) is 4.79 Å². The second-order valence-electron chi connectivity index (χ2n) is 6.94. The molecule has 1 fully saturated rings. The maximum absolute atomic E-state index is 15.3. The second kappa shape index (κ2) is 10.1. The average molecular weight is 431 g/mol. The number of hydrogen-bond donors (Lipinski definition) is 2. The zero-order valence-corrected chi connectivity index (χ0v) is 16.6. The van der Waals surface area contributed by atoms with Crippen LogP contribution in [0.1, 0.15) is 27.6 Å². The molecule has 2 aromatic carbocycles. The normalized spacial score (nSPS) is 25.3. The minimum absolute atomic E-state index is 0.171. The van der Waals surface area contributed by atoms with E-state index in [1.807, 2.05) is 0 Å². The Morgan fingerprint density at radius 3 is 2.10 bits per heavy atom. The molecule has 31 heavy (non-hydrogen) atoms.